The topological polar surface area (TPSA) is 44.4 Å². The summed E-state index contributed by atoms with van der Waals surface area (Å²) in [7, 11) is 0. The largest absolute Gasteiger partial charge is 0.336 e. The highest BCUT2D eigenvalue weighted by Gasteiger charge is 2.21. The van der Waals surface area contributed by atoms with Gasteiger partial charge in [0, 0.05) is 36.7 Å². The van der Waals surface area contributed by atoms with Crippen LogP contribution >= 0.6 is 11.6 Å². The van der Waals surface area contributed by atoms with Crippen molar-refractivity contribution in [2.75, 3.05) is 13.1 Å². The minimum atomic E-state index is -0.0138. The average Bonchev–Trinajstić information content (AvgIpc) is 2.59. The Bertz CT molecular complexity index is 512. The van der Waals surface area contributed by atoms with Crippen molar-refractivity contribution in [2.24, 2.45) is 0 Å². The molecule has 1 aromatic rings. The number of carbonyl (C=O) groups is 1. The minimum absolute atomic E-state index is 0.0138. The van der Waals surface area contributed by atoms with Gasteiger partial charge in [-0.25, -0.2) is 4.79 Å². The van der Waals surface area contributed by atoms with E-state index < -0.39 is 0 Å². The molecule has 0 saturated carbocycles. The molecular formula is C20H32ClN3O. The molecule has 1 saturated heterocycles. The van der Waals surface area contributed by atoms with Gasteiger partial charge in [0.1, 0.15) is 0 Å². The molecule has 1 unspecified atom stereocenters. The van der Waals surface area contributed by atoms with Crippen molar-refractivity contribution >= 4 is 17.6 Å². The van der Waals surface area contributed by atoms with Crippen molar-refractivity contribution in [1.29, 1.82) is 0 Å². The maximum Gasteiger partial charge on any atom is 0.315 e. The zero-order valence-electron chi connectivity index (χ0n) is 15.6. The Labute approximate surface area is 157 Å². The normalized spacial score (nSPS) is 17.2. The van der Waals surface area contributed by atoms with E-state index >= 15 is 0 Å². The first-order valence-corrected chi connectivity index (χ1v) is 9.98. The second kappa shape index (κ2) is 10.7. The lowest BCUT2D eigenvalue weighted by atomic mass is 10.0. The summed E-state index contributed by atoms with van der Waals surface area (Å²) in [6.45, 7) is 7.26. The zero-order chi connectivity index (χ0) is 18.1. The zero-order valence-corrected chi connectivity index (χ0v) is 16.3. The summed E-state index contributed by atoms with van der Waals surface area (Å²) >= 11 is 5.93. The van der Waals surface area contributed by atoms with Crippen molar-refractivity contribution in [3.63, 3.8) is 0 Å². The predicted molar refractivity (Wildman–Crippen MR) is 105 cm³/mol. The highest BCUT2D eigenvalue weighted by Crippen LogP contribution is 2.16. The number of unbranched alkanes of at least 4 members (excludes halogenated alkanes) is 2. The maximum absolute atomic E-state index is 12.1. The Morgan fingerprint density at radius 1 is 1.24 bits per heavy atom. The van der Waals surface area contributed by atoms with Gasteiger partial charge >= 0.3 is 6.03 Å². The molecule has 1 aliphatic rings. The average molecular weight is 366 g/mol. The van der Waals surface area contributed by atoms with Crippen LogP contribution in [0.3, 0.4) is 0 Å². The van der Waals surface area contributed by atoms with E-state index in [2.05, 4.69) is 41.5 Å². The lowest BCUT2D eigenvalue weighted by Gasteiger charge is -2.32. The van der Waals surface area contributed by atoms with Gasteiger partial charge in [-0.2, -0.15) is 0 Å². The van der Waals surface area contributed by atoms with E-state index in [4.69, 9.17) is 11.6 Å². The molecule has 2 amide bonds. The van der Waals surface area contributed by atoms with Gasteiger partial charge in [0.2, 0.25) is 0 Å². The molecule has 1 aromatic carbocycles. The molecule has 4 nitrogen and oxygen atoms in total. The number of benzene rings is 1. The van der Waals surface area contributed by atoms with Gasteiger partial charge in [0.15, 0.2) is 0 Å². The highest BCUT2D eigenvalue weighted by atomic mass is 35.5. The third-order valence-corrected chi connectivity index (χ3v) is 5.11. The van der Waals surface area contributed by atoms with Gasteiger partial charge in [0.05, 0.1) is 0 Å². The lowest BCUT2D eigenvalue weighted by molar-refractivity contribution is 0.185. The van der Waals surface area contributed by atoms with E-state index in [-0.39, 0.29) is 18.1 Å². The number of nitrogens with zero attached hydrogens (tertiary/aromatic N) is 1. The maximum atomic E-state index is 12.1. The number of rotatable bonds is 8. The second-order valence-corrected chi connectivity index (χ2v) is 7.63. The Hall–Kier alpha value is -1.26. The molecule has 2 rings (SSSR count). The van der Waals surface area contributed by atoms with Gasteiger partial charge < -0.3 is 10.6 Å². The van der Waals surface area contributed by atoms with E-state index in [1.807, 2.05) is 12.1 Å². The molecule has 1 atom stereocenters. The molecular weight excluding hydrogens is 334 g/mol. The van der Waals surface area contributed by atoms with Crippen LogP contribution < -0.4 is 10.6 Å². The molecule has 0 bridgehead atoms. The van der Waals surface area contributed by atoms with E-state index in [1.165, 1.54) is 24.8 Å². The van der Waals surface area contributed by atoms with Gasteiger partial charge in [-0.05, 0) is 43.9 Å². The van der Waals surface area contributed by atoms with Crippen molar-refractivity contribution in [3.8, 4) is 0 Å². The fourth-order valence-electron chi connectivity index (χ4n) is 3.31. The number of carbonyl (C=O) groups excluding carboxylic acids is 1. The summed E-state index contributed by atoms with van der Waals surface area (Å²) in [5.74, 6) is 0. The lowest BCUT2D eigenvalue weighted by Crippen LogP contribution is -2.49. The highest BCUT2D eigenvalue weighted by molar-refractivity contribution is 6.30. The predicted octanol–water partition coefficient (Wildman–Crippen LogP) is 4.57. The van der Waals surface area contributed by atoms with Crippen LogP contribution in [0.2, 0.25) is 5.02 Å². The van der Waals surface area contributed by atoms with Crippen LogP contribution in [0.4, 0.5) is 4.79 Å². The number of piperidine rings is 1. The molecule has 1 aliphatic heterocycles. The number of likely N-dealkylation sites (tertiary alicyclic amines) is 1. The Balaban J connectivity index is 1.64. The molecule has 0 aromatic heterocycles. The first kappa shape index (κ1) is 20.1. The van der Waals surface area contributed by atoms with Crippen molar-refractivity contribution in [3.05, 3.63) is 34.9 Å². The van der Waals surface area contributed by atoms with Gasteiger partial charge in [-0.3, -0.25) is 4.90 Å². The van der Waals surface area contributed by atoms with Crippen molar-refractivity contribution < 1.29 is 4.79 Å². The van der Waals surface area contributed by atoms with Crippen LogP contribution in [0.5, 0.6) is 0 Å². The summed E-state index contributed by atoms with van der Waals surface area (Å²) in [4.78, 5) is 14.5. The third kappa shape index (κ3) is 7.66. The Morgan fingerprint density at radius 3 is 2.56 bits per heavy atom. The number of halogens is 1. The van der Waals surface area contributed by atoms with Gasteiger partial charge in [-0.15, -0.1) is 0 Å². The number of amides is 2. The van der Waals surface area contributed by atoms with Crippen LogP contribution in [-0.4, -0.2) is 36.1 Å². The van der Waals surface area contributed by atoms with E-state index in [0.29, 0.717) is 0 Å². The fourth-order valence-corrected chi connectivity index (χ4v) is 3.43. The second-order valence-electron chi connectivity index (χ2n) is 7.19. The van der Waals surface area contributed by atoms with Crippen LogP contribution in [0.1, 0.15) is 57.9 Å². The summed E-state index contributed by atoms with van der Waals surface area (Å²) in [5, 5.41) is 6.98. The molecule has 0 radical (unpaired) electrons. The molecule has 2 N–H and O–H groups in total. The monoisotopic (exact) mass is 365 g/mol. The number of hydrogen-bond acceptors (Lipinski definition) is 2. The molecule has 140 valence electrons. The molecule has 5 heteroatoms. The molecule has 1 heterocycles. The van der Waals surface area contributed by atoms with Crippen LogP contribution in [-0.2, 0) is 6.54 Å². The first-order valence-electron chi connectivity index (χ1n) is 9.60. The van der Waals surface area contributed by atoms with Crippen molar-refractivity contribution in [2.45, 2.75) is 71.0 Å². The Morgan fingerprint density at radius 2 is 1.92 bits per heavy atom. The number of nitrogens with one attached hydrogen (secondary N) is 2. The molecule has 0 aliphatic carbocycles. The standard InChI is InChI=1S/C20H32ClN3O/c1-3-4-5-6-16(2)22-20(25)23-19-11-13-24(14-12-19)15-17-7-9-18(21)10-8-17/h7-10,16,19H,3-6,11-15H2,1-2H3,(H2,22,23,25). The molecule has 0 spiro atoms. The minimum Gasteiger partial charge on any atom is -0.336 e. The van der Waals surface area contributed by atoms with Crippen LogP contribution in [0.15, 0.2) is 24.3 Å². The molecule has 25 heavy (non-hydrogen) atoms. The summed E-state index contributed by atoms with van der Waals surface area (Å²) < 4.78 is 0. The SMILES string of the molecule is CCCCCC(C)NC(=O)NC1CCN(Cc2ccc(Cl)cc2)CC1. The third-order valence-electron chi connectivity index (χ3n) is 4.86. The summed E-state index contributed by atoms with van der Waals surface area (Å²) in [6.07, 6.45) is 6.70. The smallest absolute Gasteiger partial charge is 0.315 e. The van der Waals surface area contributed by atoms with Gasteiger partial charge in [0.25, 0.3) is 0 Å². The fraction of sp³-hybridized carbons (Fsp3) is 0.650. The quantitative estimate of drug-likeness (QED) is 0.662. The Kier molecular flexibility index (Phi) is 8.56. The van der Waals surface area contributed by atoms with E-state index in [1.54, 1.807) is 0 Å². The van der Waals surface area contributed by atoms with Gasteiger partial charge in [-0.1, -0.05) is 49.9 Å². The molecule has 1 fully saturated rings. The number of hydrogen-bond donors (Lipinski definition) is 2. The summed E-state index contributed by atoms with van der Waals surface area (Å²) in [6, 6.07) is 8.56. The van der Waals surface area contributed by atoms with E-state index in [0.717, 1.165) is 43.9 Å². The van der Waals surface area contributed by atoms with Crippen LogP contribution in [0.25, 0.3) is 0 Å². The van der Waals surface area contributed by atoms with Crippen molar-refractivity contribution in [1.82, 2.24) is 15.5 Å². The van der Waals surface area contributed by atoms with E-state index in [9.17, 15) is 4.79 Å². The number of urea groups is 1. The first-order chi connectivity index (χ1) is 12.1. The van der Waals surface area contributed by atoms with Crippen LogP contribution in [0, 0.1) is 0 Å². The summed E-state index contributed by atoms with van der Waals surface area (Å²) in [5.41, 5.74) is 1.29.